The van der Waals surface area contributed by atoms with Crippen molar-refractivity contribution in [1.29, 1.82) is 0 Å². The van der Waals surface area contributed by atoms with E-state index < -0.39 is 0 Å². The molecule has 0 aromatic rings. The Hall–Kier alpha value is 0.168. The number of hydrogen-bond acceptors (Lipinski definition) is 0. The molecule has 0 N–H and O–H groups in total. The van der Waals surface area contributed by atoms with Crippen molar-refractivity contribution in [3.63, 3.8) is 0 Å². The van der Waals surface area contributed by atoms with E-state index >= 15 is 0 Å². The van der Waals surface area contributed by atoms with Gasteiger partial charge in [0.05, 0.1) is 0 Å². The van der Waals surface area contributed by atoms with Gasteiger partial charge in [0, 0.05) is 21.1 Å². The van der Waals surface area contributed by atoms with Crippen LogP contribution in [-0.4, -0.2) is 0 Å². The first-order valence-electron chi connectivity index (χ1n) is 2.52. The molecule has 0 radical (unpaired) electrons. The second-order valence-electron chi connectivity index (χ2n) is 1.09. The van der Waals surface area contributed by atoms with Gasteiger partial charge in [0.2, 0.25) is 0 Å². The smallest absolute Gasteiger partial charge is 0 e. The molecule has 0 aliphatic heterocycles. The Morgan fingerprint density at radius 3 is 1.40 bits per heavy atom. The topological polar surface area (TPSA) is 0 Å². The van der Waals surface area contributed by atoms with Crippen LogP contribution in [0.4, 0.5) is 0 Å². The molecule has 1 rings (SSSR count). The standard InChI is InChI=1S/C5H6.C2H5.2CH3.Pt/c1-2-4-5-3-1;1-2;;;/h1-4H,5H2;1H2,2H3;2*1H3;/q;3*-1;. The van der Waals surface area contributed by atoms with Gasteiger partial charge in [0.1, 0.15) is 0 Å². The van der Waals surface area contributed by atoms with Gasteiger partial charge < -0.3 is 21.8 Å². The quantitative estimate of drug-likeness (QED) is 0.601. The fourth-order valence-electron chi connectivity index (χ4n) is 0.393. The maximum Gasteiger partial charge on any atom is 0 e. The Bertz CT molecular complexity index is 62.8. The second kappa shape index (κ2) is 22.9. The number of rotatable bonds is 0. The van der Waals surface area contributed by atoms with Crippen LogP contribution in [0.3, 0.4) is 0 Å². The molecule has 0 aromatic heterocycles. The summed E-state index contributed by atoms with van der Waals surface area (Å²) in [5, 5.41) is 0. The van der Waals surface area contributed by atoms with Gasteiger partial charge in [0.15, 0.2) is 0 Å². The van der Waals surface area contributed by atoms with Crippen LogP contribution in [-0.2, 0) is 21.1 Å². The minimum Gasteiger partial charge on any atom is -0.358 e. The molecule has 0 fully saturated rings. The van der Waals surface area contributed by atoms with Crippen LogP contribution in [0.5, 0.6) is 0 Å². The summed E-state index contributed by atoms with van der Waals surface area (Å²) in [6.45, 7) is 5.00. The van der Waals surface area contributed by atoms with Crippen molar-refractivity contribution in [1.82, 2.24) is 0 Å². The van der Waals surface area contributed by atoms with Crippen LogP contribution < -0.4 is 0 Å². The van der Waals surface area contributed by atoms with Crippen molar-refractivity contribution < 1.29 is 21.1 Å². The molecule has 0 unspecified atom stereocenters. The Labute approximate surface area is 80.7 Å². The molecular weight excluding hydrogens is 303 g/mol. The fourth-order valence-corrected chi connectivity index (χ4v) is 0.393. The van der Waals surface area contributed by atoms with Gasteiger partial charge in [-0.3, -0.25) is 0 Å². The van der Waals surface area contributed by atoms with E-state index in [0.717, 1.165) is 6.42 Å². The van der Waals surface area contributed by atoms with Crippen LogP contribution >= 0.6 is 0 Å². The summed E-state index contributed by atoms with van der Waals surface area (Å²) in [6, 6.07) is 0. The molecular formula is C9H17Pt-3. The molecule has 66 valence electrons. The van der Waals surface area contributed by atoms with Crippen molar-refractivity contribution >= 4 is 0 Å². The molecule has 0 spiro atoms. The van der Waals surface area contributed by atoms with Gasteiger partial charge in [0.25, 0.3) is 0 Å². The molecule has 1 aliphatic rings. The molecule has 0 aromatic carbocycles. The third kappa shape index (κ3) is 15.7. The summed E-state index contributed by atoms with van der Waals surface area (Å²) in [4.78, 5) is 0. The van der Waals surface area contributed by atoms with Crippen molar-refractivity contribution in [2.24, 2.45) is 0 Å². The number of allylic oxidation sites excluding steroid dienone is 4. The van der Waals surface area contributed by atoms with Gasteiger partial charge >= 0.3 is 0 Å². The fraction of sp³-hybridized carbons (Fsp3) is 0.222. The zero-order valence-electron chi connectivity index (χ0n) is 7.04. The van der Waals surface area contributed by atoms with E-state index in [-0.39, 0.29) is 35.9 Å². The summed E-state index contributed by atoms with van der Waals surface area (Å²) in [5.41, 5.74) is 0. The Morgan fingerprint density at radius 2 is 1.30 bits per heavy atom. The molecule has 1 heteroatoms. The average Bonchev–Trinajstić information content (AvgIpc) is 2.23. The van der Waals surface area contributed by atoms with Gasteiger partial charge in [-0.15, -0.1) is 0 Å². The third-order valence-corrected chi connectivity index (χ3v) is 0.655. The molecule has 0 saturated heterocycles. The van der Waals surface area contributed by atoms with Gasteiger partial charge in [-0.05, 0) is 6.42 Å². The third-order valence-electron chi connectivity index (χ3n) is 0.655. The van der Waals surface area contributed by atoms with Crippen LogP contribution in [0.25, 0.3) is 0 Å². The van der Waals surface area contributed by atoms with E-state index in [1.54, 1.807) is 6.92 Å². The summed E-state index contributed by atoms with van der Waals surface area (Å²) in [6.07, 6.45) is 9.50. The first-order chi connectivity index (χ1) is 3.50. The summed E-state index contributed by atoms with van der Waals surface area (Å²) in [5.74, 6) is 0. The molecule has 0 heterocycles. The zero-order chi connectivity index (χ0) is 5.54. The van der Waals surface area contributed by atoms with Gasteiger partial charge in [-0.25, -0.2) is 0 Å². The van der Waals surface area contributed by atoms with Crippen LogP contribution in [0.15, 0.2) is 24.3 Å². The molecule has 0 amide bonds. The predicted octanol–water partition coefficient (Wildman–Crippen LogP) is 3.24. The average molecular weight is 320 g/mol. The summed E-state index contributed by atoms with van der Waals surface area (Å²) < 4.78 is 0. The first kappa shape index (κ1) is 22.5. The zero-order valence-corrected chi connectivity index (χ0v) is 9.31. The Kier molecular flexibility index (Phi) is 51.4. The molecule has 0 atom stereocenters. The van der Waals surface area contributed by atoms with E-state index in [1.807, 2.05) is 0 Å². The van der Waals surface area contributed by atoms with E-state index in [2.05, 4.69) is 31.2 Å². The second-order valence-corrected chi connectivity index (χ2v) is 1.09. The minimum absolute atomic E-state index is 0. The SMILES string of the molecule is C1=CCC=C1.[CH2-]C.[CH3-].[CH3-].[Pt]. The van der Waals surface area contributed by atoms with E-state index in [1.165, 1.54) is 0 Å². The summed E-state index contributed by atoms with van der Waals surface area (Å²) in [7, 11) is 0. The normalized spacial score (nSPS) is 9.40. The van der Waals surface area contributed by atoms with E-state index in [0.29, 0.717) is 0 Å². The first-order valence-corrected chi connectivity index (χ1v) is 2.52. The van der Waals surface area contributed by atoms with Crippen LogP contribution in [0.2, 0.25) is 0 Å². The molecule has 0 saturated carbocycles. The minimum atomic E-state index is 0. The van der Waals surface area contributed by atoms with E-state index in [9.17, 15) is 0 Å². The van der Waals surface area contributed by atoms with Crippen molar-refractivity contribution in [3.8, 4) is 0 Å². The molecule has 0 nitrogen and oxygen atoms in total. The van der Waals surface area contributed by atoms with Gasteiger partial charge in [-0.2, -0.15) is 6.92 Å². The summed E-state index contributed by atoms with van der Waals surface area (Å²) >= 11 is 0. The monoisotopic (exact) mass is 320 g/mol. The van der Waals surface area contributed by atoms with Crippen molar-refractivity contribution in [2.45, 2.75) is 13.3 Å². The largest absolute Gasteiger partial charge is 0.358 e. The van der Waals surface area contributed by atoms with Crippen molar-refractivity contribution in [2.75, 3.05) is 0 Å². The molecule has 1 aliphatic carbocycles. The Balaban J connectivity index is -0.0000000337. The maximum atomic E-state index is 3.25. The predicted molar refractivity (Wildman–Crippen MR) is 46.8 cm³/mol. The molecule has 10 heavy (non-hydrogen) atoms. The van der Waals surface area contributed by atoms with Crippen LogP contribution in [0.1, 0.15) is 13.3 Å². The molecule has 0 bridgehead atoms. The van der Waals surface area contributed by atoms with E-state index in [4.69, 9.17) is 0 Å². The van der Waals surface area contributed by atoms with Crippen LogP contribution in [0, 0.1) is 21.8 Å². The van der Waals surface area contributed by atoms with Gasteiger partial charge in [-0.1, -0.05) is 24.3 Å². The maximum absolute atomic E-state index is 3.25. The Morgan fingerprint density at radius 1 is 1.00 bits per heavy atom. The van der Waals surface area contributed by atoms with Crippen molar-refractivity contribution in [3.05, 3.63) is 46.1 Å². The number of hydrogen-bond donors (Lipinski definition) is 0.